The SMILES string of the molecule is CCCc1csc(-c2ncccc2Br)n1. The van der Waals surface area contributed by atoms with Crippen molar-refractivity contribution in [2.45, 2.75) is 19.8 Å². The maximum atomic E-state index is 4.56. The Morgan fingerprint density at radius 3 is 3.07 bits per heavy atom. The minimum atomic E-state index is 0.935. The molecule has 0 spiro atoms. The van der Waals surface area contributed by atoms with Crippen LogP contribution in [0.4, 0.5) is 0 Å². The third-order valence-corrected chi connectivity index (χ3v) is 3.56. The molecule has 2 nitrogen and oxygen atoms in total. The number of aryl methyl sites for hydroxylation is 1. The lowest BCUT2D eigenvalue weighted by Crippen LogP contribution is -1.86. The van der Waals surface area contributed by atoms with Gasteiger partial charge in [0.1, 0.15) is 10.7 Å². The first kappa shape index (κ1) is 10.8. The Labute approximate surface area is 102 Å². The average Bonchev–Trinajstić information content (AvgIpc) is 2.68. The molecule has 0 aliphatic carbocycles. The van der Waals surface area contributed by atoms with E-state index < -0.39 is 0 Å². The van der Waals surface area contributed by atoms with Crippen LogP contribution in [0.1, 0.15) is 19.0 Å². The summed E-state index contributed by atoms with van der Waals surface area (Å²) in [6.07, 6.45) is 3.97. The Bertz CT molecular complexity index is 453. The van der Waals surface area contributed by atoms with E-state index >= 15 is 0 Å². The quantitative estimate of drug-likeness (QED) is 0.853. The van der Waals surface area contributed by atoms with Crippen LogP contribution in [-0.2, 0) is 6.42 Å². The average molecular weight is 283 g/mol. The van der Waals surface area contributed by atoms with Gasteiger partial charge in [-0.2, -0.15) is 0 Å². The Morgan fingerprint density at radius 2 is 2.33 bits per heavy atom. The van der Waals surface area contributed by atoms with E-state index in [9.17, 15) is 0 Å². The molecule has 0 aliphatic heterocycles. The molecular formula is C11H11BrN2S. The highest BCUT2D eigenvalue weighted by Gasteiger charge is 2.08. The molecule has 15 heavy (non-hydrogen) atoms. The molecule has 0 fully saturated rings. The first-order valence-corrected chi connectivity index (χ1v) is 6.54. The molecule has 0 bridgehead atoms. The summed E-state index contributed by atoms with van der Waals surface area (Å²) in [6, 6.07) is 3.90. The predicted octanol–water partition coefficient (Wildman–Crippen LogP) is 3.92. The van der Waals surface area contributed by atoms with Gasteiger partial charge in [-0.05, 0) is 34.5 Å². The van der Waals surface area contributed by atoms with Crippen LogP contribution >= 0.6 is 27.3 Å². The van der Waals surface area contributed by atoms with Gasteiger partial charge in [0.2, 0.25) is 0 Å². The Balaban J connectivity index is 2.33. The van der Waals surface area contributed by atoms with Crippen LogP contribution in [0.3, 0.4) is 0 Å². The minimum absolute atomic E-state index is 0.935. The third-order valence-electron chi connectivity index (χ3n) is 2.02. The standard InChI is InChI=1S/C11H11BrN2S/c1-2-4-8-7-15-11(14-8)10-9(12)5-3-6-13-10/h3,5-7H,2,4H2,1H3. The van der Waals surface area contributed by atoms with Crippen LogP contribution in [-0.4, -0.2) is 9.97 Å². The van der Waals surface area contributed by atoms with Gasteiger partial charge in [0.15, 0.2) is 0 Å². The van der Waals surface area contributed by atoms with E-state index in [0.717, 1.165) is 33.7 Å². The molecule has 0 unspecified atom stereocenters. The van der Waals surface area contributed by atoms with Crippen molar-refractivity contribution < 1.29 is 0 Å². The normalized spacial score (nSPS) is 10.5. The maximum absolute atomic E-state index is 4.56. The molecule has 4 heteroatoms. The zero-order valence-corrected chi connectivity index (χ0v) is 10.8. The van der Waals surface area contributed by atoms with E-state index in [1.165, 1.54) is 0 Å². The molecule has 2 aromatic rings. The molecule has 2 rings (SSSR count). The van der Waals surface area contributed by atoms with Crippen molar-refractivity contribution in [3.63, 3.8) is 0 Å². The fourth-order valence-corrected chi connectivity index (χ4v) is 2.77. The largest absolute Gasteiger partial charge is 0.253 e. The molecule has 0 saturated heterocycles. The number of rotatable bonds is 3. The molecule has 78 valence electrons. The number of thiazole rings is 1. The van der Waals surface area contributed by atoms with Gasteiger partial charge in [-0.25, -0.2) is 4.98 Å². The van der Waals surface area contributed by atoms with Gasteiger partial charge in [0.05, 0.1) is 5.69 Å². The van der Waals surface area contributed by atoms with Gasteiger partial charge in [-0.3, -0.25) is 4.98 Å². The molecule has 2 aromatic heterocycles. The Morgan fingerprint density at radius 1 is 1.47 bits per heavy atom. The molecule has 0 N–H and O–H groups in total. The van der Waals surface area contributed by atoms with E-state index in [0.29, 0.717) is 0 Å². The summed E-state index contributed by atoms with van der Waals surface area (Å²) in [5, 5.41) is 3.10. The van der Waals surface area contributed by atoms with Gasteiger partial charge >= 0.3 is 0 Å². The highest BCUT2D eigenvalue weighted by atomic mass is 79.9. The molecule has 0 saturated carbocycles. The van der Waals surface area contributed by atoms with Crippen molar-refractivity contribution in [1.29, 1.82) is 0 Å². The number of hydrogen-bond donors (Lipinski definition) is 0. The molecule has 0 atom stereocenters. The summed E-state index contributed by atoms with van der Waals surface area (Å²) in [5.74, 6) is 0. The van der Waals surface area contributed by atoms with Crippen LogP contribution in [0, 0.1) is 0 Å². The molecule has 0 amide bonds. The highest BCUT2D eigenvalue weighted by Crippen LogP contribution is 2.28. The summed E-state index contributed by atoms with van der Waals surface area (Å²) in [7, 11) is 0. The van der Waals surface area contributed by atoms with Gasteiger partial charge in [-0.15, -0.1) is 11.3 Å². The first-order valence-electron chi connectivity index (χ1n) is 4.86. The second-order valence-corrected chi connectivity index (χ2v) is 4.94. The lowest BCUT2D eigenvalue weighted by Gasteiger charge is -1.97. The van der Waals surface area contributed by atoms with Crippen LogP contribution in [0.5, 0.6) is 0 Å². The zero-order chi connectivity index (χ0) is 10.7. The van der Waals surface area contributed by atoms with Crippen LogP contribution in [0.2, 0.25) is 0 Å². The molecular weight excluding hydrogens is 272 g/mol. The number of halogens is 1. The number of nitrogens with zero attached hydrogens (tertiary/aromatic N) is 2. The van der Waals surface area contributed by atoms with Gasteiger partial charge in [0.25, 0.3) is 0 Å². The van der Waals surface area contributed by atoms with Crippen LogP contribution < -0.4 is 0 Å². The molecule has 0 aromatic carbocycles. The predicted molar refractivity (Wildman–Crippen MR) is 67.0 cm³/mol. The number of hydrogen-bond acceptors (Lipinski definition) is 3. The third kappa shape index (κ3) is 2.44. The summed E-state index contributed by atoms with van der Waals surface area (Å²) in [4.78, 5) is 8.88. The fourth-order valence-electron chi connectivity index (χ4n) is 1.33. The monoisotopic (exact) mass is 282 g/mol. The van der Waals surface area contributed by atoms with E-state index in [2.05, 4.69) is 38.2 Å². The summed E-state index contributed by atoms with van der Waals surface area (Å²) < 4.78 is 1.00. The Hall–Kier alpha value is -0.740. The van der Waals surface area contributed by atoms with E-state index in [-0.39, 0.29) is 0 Å². The second kappa shape index (κ2) is 4.86. The van der Waals surface area contributed by atoms with E-state index in [1.807, 2.05) is 12.1 Å². The minimum Gasteiger partial charge on any atom is -0.253 e. The smallest absolute Gasteiger partial charge is 0.143 e. The summed E-state index contributed by atoms with van der Waals surface area (Å²) in [5.41, 5.74) is 2.10. The van der Waals surface area contributed by atoms with Crippen LogP contribution in [0.15, 0.2) is 28.2 Å². The van der Waals surface area contributed by atoms with E-state index in [1.54, 1.807) is 17.5 Å². The molecule has 2 heterocycles. The van der Waals surface area contributed by atoms with E-state index in [4.69, 9.17) is 0 Å². The zero-order valence-electron chi connectivity index (χ0n) is 8.40. The van der Waals surface area contributed by atoms with Crippen molar-refractivity contribution in [2.24, 2.45) is 0 Å². The van der Waals surface area contributed by atoms with Crippen molar-refractivity contribution in [3.8, 4) is 10.7 Å². The second-order valence-electron chi connectivity index (χ2n) is 3.23. The van der Waals surface area contributed by atoms with Crippen molar-refractivity contribution >= 4 is 27.3 Å². The first-order chi connectivity index (χ1) is 7.31. The highest BCUT2D eigenvalue weighted by molar-refractivity contribution is 9.10. The van der Waals surface area contributed by atoms with Crippen LogP contribution in [0.25, 0.3) is 10.7 Å². The Kier molecular flexibility index (Phi) is 3.49. The summed E-state index contributed by atoms with van der Waals surface area (Å²) >= 11 is 5.14. The van der Waals surface area contributed by atoms with Gasteiger partial charge in [0, 0.05) is 16.0 Å². The molecule has 0 radical (unpaired) electrons. The molecule has 0 aliphatic rings. The lowest BCUT2D eigenvalue weighted by atomic mass is 10.3. The number of aromatic nitrogens is 2. The topological polar surface area (TPSA) is 25.8 Å². The van der Waals surface area contributed by atoms with Crippen molar-refractivity contribution in [1.82, 2.24) is 9.97 Å². The van der Waals surface area contributed by atoms with Gasteiger partial charge in [-0.1, -0.05) is 13.3 Å². The fraction of sp³-hybridized carbons (Fsp3) is 0.273. The van der Waals surface area contributed by atoms with Gasteiger partial charge < -0.3 is 0 Å². The summed E-state index contributed by atoms with van der Waals surface area (Å²) in [6.45, 7) is 2.16. The van der Waals surface area contributed by atoms with Crippen molar-refractivity contribution in [2.75, 3.05) is 0 Å². The van der Waals surface area contributed by atoms with Crippen molar-refractivity contribution in [3.05, 3.63) is 33.9 Å². The number of pyridine rings is 1. The lowest BCUT2D eigenvalue weighted by molar-refractivity contribution is 0.893. The maximum Gasteiger partial charge on any atom is 0.143 e.